The van der Waals surface area contributed by atoms with Crippen LogP contribution in [0, 0.1) is 11.7 Å². The van der Waals surface area contributed by atoms with Crippen LogP contribution in [0.2, 0.25) is 0 Å². The van der Waals surface area contributed by atoms with E-state index in [-0.39, 0.29) is 5.82 Å². The first-order valence-electron chi connectivity index (χ1n) is 8.13. The number of aromatic nitrogens is 2. The van der Waals surface area contributed by atoms with E-state index in [0.717, 1.165) is 17.6 Å². The third kappa shape index (κ3) is 2.35. The number of halogens is 1. The van der Waals surface area contributed by atoms with Crippen LogP contribution >= 0.6 is 0 Å². The van der Waals surface area contributed by atoms with E-state index in [2.05, 4.69) is 4.57 Å². The lowest BCUT2D eigenvalue weighted by Gasteiger charge is -2.27. The van der Waals surface area contributed by atoms with Crippen LogP contribution in [0.25, 0.3) is 11.0 Å². The Balaban J connectivity index is 1.72. The van der Waals surface area contributed by atoms with Crippen LogP contribution in [0.5, 0.6) is 0 Å². The molecule has 112 valence electrons. The molecule has 0 aliphatic heterocycles. The molecule has 2 aliphatic carbocycles. The first-order valence-corrected chi connectivity index (χ1v) is 8.13. The lowest BCUT2D eigenvalue weighted by Crippen LogP contribution is -2.22. The summed E-state index contributed by atoms with van der Waals surface area (Å²) in [6.07, 6.45) is 7.19. The number of nitrogens with two attached hydrogens (primary N) is 1. The van der Waals surface area contributed by atoms with Gasteiger partial charge in [0.15, 0.2) is 0 Å². The van der Waals surface area contributed by atoms with Crippen molar-refractivity contribution in [1.29, 1.82) is 0 Å². The standard InChI is InChI=1S/C17H22FN3/c18-13-5-8-16-15(9-13)20-17(21(16)14-6-7-14)12-3-1-11(10-19)2-4-12/h5,8-9,11-12,14H,1-4,6-7,10,19H2. The summed E-state index contributed by atoms with van der Waals surface area (Å²) in [6.45, 7) is 0.803. The van der Waals surface area contributed by atoms with Crippen molar-refractivity contribution in [2.45, 2.75) is 50.5 Å². The number of benzene rings is 1. The average Bonchev–Trinajstić information content (AvgIpc) is 3.28. The minimum absolute atomic E-state index is 0.193. The van der Waals surface area contributed by atoms with E-state index in [9.17, 15) is 4.39 Å². The number of rotatable bonds is 3. The average molecular weight is 287 g/mol. The van der Waals surface area contributed by atoms with Gasteiger partial charge < -0.3 is 10.3 Å². The second-order valence-electron chi connectivity index (χ2n) is 6.66. The number of fused-ring (bicyclic) bond motifs is 1. The fourth-order valence-electron chi connectivity index (χ4n) is 3.75. The summed E-state index contributed by atoms with van der Waals surface area (Å²) >= 11 is 0. The molecule has 2 aromatic rings. The first-order chi connectivity index (χ1) is 10.3. The molecule has 0 spiro atoms. The van der Waals surface area contributed by atoms with E-state index in [0.29, 0.717) is 17.9 Å². The zero-order valence-electron chi connectivity index (χ0n) is 12.3. The quantitative estimate of drug-likeness (QED) is 0.934. The normalized spacial score (nSPS) is 26.4. The van der Waals surface area contributed by atoms with Gasteiger partial charge in [0.2, 0.25) is 0 Å². The van der Waals surface area contributed by atoms with Crippen molar-refractivity contribution in [3.05, 3.63) is 29.8 Å². The molecule has 21 heavy (non-hydrogen) atoms. The van der Waals surface area contributed by atoms with Gasteiger partial charge in [-0.3, -0.25) is 0 Å². The Kier molecular flexibility index (Phi) is 3.21. The molecule has 4 rings (SSSR count). The molecule has 2 fully saturated rings. The number of hydrogen-bond donors (Lipinski definition) is 1. The van der Waals surface area contributed by atoms with Crippen molar-refractivity contribution in [3.8, 4) is 0 Å². The minimum Gasteiger partial charge on any atom is -0.330 e. The van der Waals surface area contributed by atoms with E-state index >= 15 is 0 Å². The van der Waals surface area contributed by atoms with Gasteiger partial charge in [-0.2, -0.15) is 0 Å². The second-order valence-corrected chi connectivity index (χ2v) is 6.66. The van der Waals surface area contributed by atoms with Crippen molar-refractivity contribution in [2.24, 2.45) is 11.7 Å². The Morgan fingerprint density at radius 3 is 2.57 bits per heavy atom. The fraction of sp³-hybridized carbons (Fsp3) is 0.588. The van der Waals surface area contributed by atoms with E-state index in [1.807, 2.05) is 6.07 Å². The lowest BCUT2D eigenvalue weighted by molar-refractivity contribution is 0.321. The summed E-state index contributed by atoms with van der Waals surface area (Å²) in [4.78, 5) is 4.80. The fourth-order valence-corrected chi connectivity index (χ4v) is 3.75. The highest BCUT2D eigenvalue weighted by atomic mass is 19.1. The molecule has 0 radical (unpaired) electrons. The van der Waals surface area contributed by atoms with Crippen LogP contribution < -0.4 is 5.73 Å². The van der Waals surface area contributed by atoms with Gasteiger partial charge in [0.1, 0.15) is 11.6 Å². The van der Waals surface area contributed by atoms with Crippen molar-refractivity contribution in [2.75, 3.05) is 6.54 Å². The largest absolute Gasteiger partial charge is 0.330 e. The molecular formula is C17H22FN3. The van der Waals surface area contributed by atoms with Crippen molar-refractivity contribution in [1.82, 2.24) is 9.55 Å². The van der Waals surface area contributed by atoms with Gasteiger partial charge in [0.05, 0.1) is 11.0 Å². The van der Waals surface area contributed by atoms with Gasteiger partial charge in [-0.25, -0.2) is 9.37 Å². The van der Waals surface area contributed by atoms with Gasteiger partial charge in [0.25, 0.3) is 0 Å². The summed E-state index contributed by atoms with van der Waals surface area (Å²) in [7, 11) is 0. The third-order valence-electron chi connectivity index (χ3n) is 5.14. The number of nitrogens with zero attached hydrogens (tertiary/aromatic N) is 2. The molecule has 4 heteroatoms. The molecule has 0 bridgehead atoms. The molecule has 2 saturated carbocycles. The van der Waals surface area contributed by atoms with Gasteiger partial charge >= 0.3 is 0 Å². The maximum Gasteiger partial charge on any atom is 0.125 e. The van der Waals surface area contributed by atoms with Crippen LogP contribution in [-0.2, 0) is 0 Å². The Hall–Kier alpha value is -1.42. The molecule has 0 saturated heterocycles. The third-order valence-corrected chi connectivity index (χ3v) is 5.14. The second kappa shape index (κ2) is 5.09. The van der Waals surface area contributed by atoms with Crippen LogP contribution in [0.1, 0.15) is 56.3 Å². The minimum atomic E-state index is -0.193. The van der Waals surface area contributed by atoms with Crippen LogP contribution in [0.15, 0.2) is 18.2 Å². The van der Waals surface area contributed by atoms with E-state index in [4.69, 9.17) is 10.7 Å². The van der Waals surface area contributed by atoms with Gasteiger partial charge in [-0.15, -0.1) is 0 Å². The monoisotopic (exact) mass is 287 g/mol. The summed E-state index contributed by atoms with van der Waals surface area (Å²) < 4.78 is 15.9. The summed E-state index contributed by atoms with van der Waals surface area (Å²) in [6, 6.07) is 5.61. The zero-order valence-corrected chi connectivity index (χ0v) is 12.3. The van der Waals surface area contributed by atoms with Gasteiger partial charge in [0, 0.05) is 18.0 Å². The van der Waals surface area contributed by atoms with E-state index < -0.39 is 0 Å². The number of imidazole rings is 1. The van der Waals surface area contributed by atoms with Crippen LogP contribution in [-0.4, -0.2) is 16.1 Å². The molecule has 1 aromatic heterocycles. The molecule has 0 amide bonds. The maximum absolute atomic E-state index is 13.5. The van der Waals surface area contributed by atoms with E-state index in [1.54, 1.807) is 12.1 Å². The Morgan fingerprint density at radius 1 is 1.14 bits per heavy atom. The summed E-state index contributed by atoms with van der Waals surface area (Å²) in [5, 5.41) is 0. The predicted octanol–water partition coefficient (Wildman–Crippen LogP) is 3.74. The Labute approximate surface area is 124 Å². The number of hydrogen-bond acceptors (Lipinski definition) is 2. The van der Waals surface area contributed by atoms with Crippen molar-refractivity contribution >= 4 is 11.0 Å². The topological polar surface area (TPSA) is 43.8 Å². The molecule has 1 heterocycles. The predicted molar refractivity (Wildman–Crippen MR) is 81.7 cm³/mol. The molecular weight excluding hydrogens is 265 g/mol. The first kappa shape index (κ1) is 13.3. The summed E-state index contributed by atoms with van der Waals surface area (Å²) in [5.74, 6) is 2.19. The highest BCUT2D eigenvalue weighted by molar-refractivity contribution is 5.76. The molecule has 1 aromatic carbocycles. The van der Waals surface area contributed by atoms with Gasteiger partial charge in [-0.05, 0) is 63.1 Å². The smallest absolute Gasteiger partial charge is 0.125 e. The van der Waals surface area contributed by atoms with Crippen molar-refractivity contribution in [3.63, 3.8) is 0 Å². The van der Waals surface area contributed by atoms with Crippen LogP contribution in [0.3, 0.4) is 0 Å². The highest BCUT2D eigenvalue weighted by Crippen LogP contribution is 2.43. The van der Waals surface area contributed by atoms with Gasteiger partial charge in [-0.1, -0.05) is 0 Å². The molecule has 0 atom stereocenters. The van der Waals surface area contributed by atoms with Crippen molar-refractivity contribution < 1.29 is 4.39 Å². The summed E-state index contributed by atoms with van der Waals surface area (Å²) in [5.41, 5.74) is 7.71. The Morgan fingerprint density at radius 2 is 1.90 bits per heavy atom. The lowest BCUT2D eigenvalue weighted by atomic mass is 9.81. The SMILES string of the molecule is NCC1CCC(c2nc3cc(F)ccc3n2C2CC2)CC1. The highest BCUT2D eigenvalue weighted by Gasteiger charge is 2.32. The Bertz CT molecular complexity index is 651. The zero-order chi connectivity index (χ0) is 14.4. The van der Waals surface area contributed by atoms with E-state index in [1.165, 1.54) is 44.3 Å². The molecule has 2 aliphatic rings. The van der Waals surface area contributed by atoms with Crippen LogP contribution in [0.4, 0.5) is 4.39 Å². The molecule has 3 nitrogen and oxygen atoms in total. The molecule has 0 unspecified atom stereocenters. The molecule has 2 N–H and O–H groups in total. The maximum atomic E-state index is 13.5.